The Hall–Kier alpha value is -2.89. The van der Waals surface area contributed by atoms with Crippen molar-refractivity contribution in [3.8, 4) is 16.9 Å². The molecule has 2 aromatic heterocycles. The Morgan fingerprint density at radius 1 is 0.839 bits per heavy atom. The molecule has 0 N–H and O–H groups in total. The van der Waals surface area contributed by atoms with Gasteiger partial charge in [-0.1, -0.05) is 39.8 Å². The first kappa shape index (κ1) is 26.1. The monoisotopic (exact) mass is 432 g/mol. The van der Waals surface area contributed by atoms with Crippen molar-refractivity contribution in [3.05, 3.63) is 77.4 Å². The second-order valence-electron chi connectivity index (χ2n) is 7.13. The van der Waals surface area contributed by atoms with Crippen molar-refractivity contribution in [1.29, 1.82) is 0 Å². The average Bonchev–Trinajstić information content (AvgIpc) is 2.68. The van der Waals surface area contributed by atoms with Crippen LogP contribution in [0.4, 0.5) is 13.2 Å². The van der Waals surface area contributed by atoms with Crippen LogP contribution in [-0.2, 0) is 0 Å². The van der Waals surface area contributed by atoms with E-state index in [4.69, 9.17) is 0 Å². The molecule has 0 amide bonds. The number of benzene rings is 1. The van der Waals surface area contributed by atoms with Gasteiger partial charge < -0.3 is 4.74 Å². The predicted octanol–water partition coefficient (Wildman–Crippen LogP) is 7.80. The fourth-order valence-electron chi connectivity index (χ4n) is 2.77. The standard InChI is InChI=1S/C13H10F3NO.C10H15N.C2H6/c1-9-7-11(5-6-17-9)10-3-2-4-12(8-10)18-13(14,15)16;1-7(2)10-6-8(3)5-9(4)11-10;1-2/h2-8H,1H3;5-7H,1-4H3;1-2H3. The van der Waals surface area contributed by atoms with Crippen molar-refractivity contribution in [2.75, 3.05) is 0 Å². The van der Waals surface area contributed by atoms with Gasteiger partial charge in [-0.3, -0.25) is 9.97 Å². The number of halogens is 3. The number of aryl methyl sites for hydroxylation is 3. The zero-order valence-electron chi connectivity index (χ0n) is 19.2. The molecule has 0 radical (unpaired) electrons. The Balaban J connectivity index is 0.000000317. The van der Waals surface area contributed by atoms with E-state index in [1.165, 1.54) is 29.5 Å². The van der Waals surface area contributed by atoms with Crippen LogP contribution >= 0.6 is 0 Å². The van der Waals surface area contributed by atoms with E-state index in [1.807, 2.05) is 27.7 Å². The molecule has 168 valence electrons. The van der Waals surface area contributed by atoms with E-state index < -0.39 is 6.36 Å². The second-order valence-corrected chi connectivity index (χ2v) is 7.13. The molecule has 3 rings (SSSR count). The topological polar surface area (TPSA) is 35.0 Å². The third kappa shape index (κ3) is 9.64. The number of rotatable bonds is 3. The summed E-state index contributed by atoms with van der Waals surface area (Å²) in [4.78, 5) is 8.47. The minimum Gasteiger partial charge on any atom is -0.406 e. The Bertz CT molecular complexity index is 933. The molecule has 3 nitrogen and oxygen atoms in total. The number of ether oxygens (including phenoxy) is 1. The smallest absolute Gasteiger partial charge is 0.406 e. The summed E-state index contributed by atoms with van der Waals surface area (Å²) in [6.45, 7) is 14.3. The summed E-state index contributed by atoms with van der Waals surface area (Å²) in [6.07, 6.45) is -3.06. The number of alkyl halides is 3. The molecule has 31 heavy (non-hydrogen) atoms. The van der Waals surface area contributed by atoms with Gasteiger partial charge in [0.2, 0.25) is 0 Å². The summed E-state index contributed by atoms with van der Waals surface area (Å²) >= 11 is 0. The van der Waals surface area contributed by atoms with Gasteiger partial charge in [-0.15, -0.1) is 13.2 Å². The molecular formula is C25H31F3N2O. The SMILES string of the molecule is CC.Cc1cc(-c2cccc(OC(F)(F)F)c2)ccn1.Cc1cc(C)nc(C(C)C)c1. The summed E-state index contributed by atoms with van der Waals surface area (Å²) in [7, 11) is 0. The van der Waals surface area contributed by atoms with E-state index in [2.05, 4.69) is 47.6 Å². The average molecular weight is 433 g/mol. The normalized spacial score (nSPS) is 10.5. The van der Waals surface area contributed by atoms with Gasteiger partial charge in [0.1, 0.15) is 5.75 Å². The minimum absolute atomic E-state index is 0.227. The molecule has 0 bridgehead atoms. The van der Waals surface area contributed by atoms with E-state index in [0.29, 0.717) is 11.5 Å². The van der Waals surface area contributed by atoms with Crippen molar-refractivity contribution in [2.24, 2.45) is 0 Å². The molecule has 6 heteroatoms. The first-order chi connectivity index (χ1) is 14.5. The largest absolute Gasteiger partial charge is 0.573 e. The van der Waals surface area contributed by atoms with Crippen LogP contribution in [0.15, 0.2) is 54.7 Å². The molecular weight excluding hydrogens is 401 g/mol. The Kier molecular flexibility index (Phi) is 10.2. The number of nitrogens with zero attached hydrogens (tertiary/aromatic N) is 2. The number of hydrogen-bond acceptors (Lipinski definition) is 3. The lowest BCUT2D eigenvalue weighted by molar-refractivity contribution is -0.274. The Morgan fingerprint density at radius 2 is 1.48 bits per heavy atom. The van der Waals surface area contributed by atoms with Crippen LogP contribution in [0.25, 0.3) is 11.1 Å². The number of pyridine rings is 2. The first-order valence-corrected chi connectivity index (χ1v) is 10.3. The maximum absolute atomic E-state index is 12.1. The molecule has 0 spiro atoms. The third-order valence-electron chi connectivity index (χ3n) is 4.01. The Morgan fingerprint density at radius 3 is 2.03 bits per heavy atom. The van der Waals surface area contributed by atoms with Crippen LogP contribution < -0.4 is 4.74 Å². The van der Waals surface area contributed by atoms with Gasteiger partial charge in [-0.25, -0.2) is 0 Å². The van der Waals surface area contributed by atoms with Gasteiger partial charge >= 0.3 is 6.36 Å². The van der Waals surface area contributed by atoms with Crippen LogP contribution in [0.5, 0.6) is 5.75 Å². The molecule has 0 saturated carbocycles. The Labute approximate surface area is 183 Å². The third-order valence-corrected chi connectivity index (χ3v) is 4.01. The molecule has 0 aliphatic heterocycles. The van der Waals surface area contributed by atoms with Crippen molar-refractivity contribution < 1.29 is 17.9 Å². The van der Waals surface area contributed by atoms with Gasteiger partial charge in [0.25, 0.3) is 0 Å². The lowest BCUT2D eigenvalue weighted by Gasteiger charge is -2.10. The van der Waals surface area contributed by atoms with Crippen LogP contribution in [-0.4, -0.2) is 16.3 Å². The van der Waals surface area contributed by atoms with E-state index >= 15 is 0 Å². The zero-order valence-corrected chi connectivity index (χ0v) is 19.2. The molecule has 0 unspecified atom stereocenters. The van der Waals surface area contributed by atoms with Crippen LogP contribution in [0.3, 0.4) is 0 Å². The zero-order chi connectivity index (χ0) is 23.6. The van der Waals surface area contributed by atoms with E-state index in [0.717, 1.165) is 17.0 Å². The molecule has 0 aliphatic rings. The highest BCUT2D eigenvalue weighted by molar-refractivity contribution is 5.65. The van der Waals surface area contributed by atoms with Crippen molar-refractivity contribution in [1.82, 2.24) is 9.97 Å². The van der Waals surface area contributed by atoms with Gasteiger partial charge in [-0.2, -0.15) is 0 Å². The summed E-state index contributed by atoms with van der Waals surface area (Å²) in [5.74, 6) is 0.308. The van der Waals surface area contributed by atoms with Gasteiger partial charge in [0.05, 0.1) is 0 Å². The highest BCUT2D eigenvalue weighted by Crippen LogP contribution is 2.27. The molecule has 0 aliphatic carbocycles. The van der Waals surface area contributed by atoms with Crippen molar-refractivity contribution in [2.45, 2.75) is 60.7 Å². The summed E-state index contributed by atoms with van der Waals surface area (Å²) < 4.78 is 40.2. The molecule has 3 aromatic rings. The number of hydrogen-bond donors (Lipinski definition) is 0. The fraction of sp³-hybridized carbons (Fsp3) is 0.360. The molecule has 0 saturated heterocycles. The lowest BCUT2D eigenvalue weighted by atomic mass is 10.1. The highest BCUT2D eigenvalue weighted by atomic mass is 19.4. The van der Waals surface area contributed by atoms with Gasteiger partial charge in [0.15, 0.2) is 0 Å². The molecule has 0 atom stereocenters. The molecule has 2 heterocycles. The molecule has 1 aromatic carbocycles. The van der Waals surface area contributed by atoms with E-state index in [1.54, 1.807) is 24.4 Å². The summed E-state index contributed by atoms with van der Waals surface area (Å²) in [5.41, 5.74) is 5.88. The summed E-state index contributed by atoms with van der Waals surface area (Å²) in [5, 5.41) is 0. The van der Waals surface area contributed by atoms with E-state index in [-0.39, 0.29) is 5.75 Å². The maximum atomic E-state index is 12.1. The highest BCUT2D eigenvalue weighted by Gasteiger charge is 2.31. The van der Waals surface area contributed by atoms with Crippen molar-refractivity contribution in [3.63, 3.8) is 0 Å². The van der Waals surface area contributed by atoms with Gasteiger partial charge in [0, 0.05) is 23.3 Å². The quantitative estimate of drug-likeness (QED) is 0.423. The van der Waals surface area contributed by atoms with Crippen LogP contribution in [0.1, 0.15) is 56.3 Å². The summed E-state index contributed by atoms with van der Waals surface area (Å²) in [6, 6.07) is 13.6. The second kappa shape index (κ2) is 12.1. The minimum atomic E-state index is -4.67. The van der Waals surface area contributed by atoms with E-state index in [9.17, 15) is 13.2 Å². The molecule has 0 fully saturated rings. The van der Waals surface area contributed by atoms with Gasteiger partial charge in [-0.05, 0) is 79.8 Å². The van der Waals surface area contributed by atoms with Crippen LogP contribution in [0, 0.1) is 20.8 Å². The number of aromatic nitrogens is 2. The first-order valence-electron chi connectivity index (χ1n) is 10.3. The maximum Gasteiger partial charge on any atom is 0.573 e. The lowest BCUT2D eigenvalue weighted by Crippen LogP contribution is -2.17. The van der Waals surface area contributed by atoms with Crippen LogP contribution in [0.2, 0.25) is 0 Å². The predicted molar refractivity (Wildman–Crippen MR) is 120 cm³/mol. The fourth-order valence-corrected chi connectivity index (χ4v) is 2.77. The van der Waals surface area contributed by atoms with Crippen molar-refractivity contribution >= 4 is 0 Å².